The van der Waals surface area contributed by atoms with Crippen LogP contribution >= 0.6 is 15.9 Å². The molecule has 4 aliphatic heterocycles. The van der Waals surface area contributed by atoms with Crippen LogP contribution in [-0.2, 0) is 52.2 Å². The SMILES string of the molecule is BrCCc1ccccc1.C.C.C.C.C.C.CCOc1c(C(=O)Nc2cnoc2)nc(C2CCCN(C(=O)OC(C)(C)C)C2)n(C)c1=O.CCOc1c(C(=O)Nc2cnoc2)nc(C2CCCN(CCc3ccccc3)C2)n(C)c1=O.CCOc1c(C(=O)Nc2cnoc2)nc(C2CCCNC2)n(C)c1=O.Cn1c(C2CCCN(CCc3ccccc3)C2)nc(C(=O)Nc2cnoc2)c(O)c1=O. The minimum atomic E-state index is -0.684. The molecule has 0 saturated carbocycles. The molecule has 0 bridgehead atoms. The number of nitrogens with one attached hydrogen (secondary N) is 5. The summed E-state index contributed by atoms with van der Waals surface area (Å²) in [6.45, 7) is 19.3. The van der Waals surface area contributed by atoms with Crippen molar-refractivity contribution in [2.24, 2.45) is 28.2 Å². The van der Waals surface area contributed by atoms with Gasteiger partial charge in [0.15, 0.2) is 22.8 Å². The number of aryl methyl sites for hydroxylation is 1. The molecule has 38 nitrogen and oxygen atoms in total. The number of hydrogen-bond donors (Lipinski definition) is 6. The van der Waals surface area contributed by atoms with Crippen LogP contribution in [0.25, 0.3) is 0 Å². The molecule has 4 saturated heterocycles. The van der Waals surface area contributed by atoms with Gasteiger partial charge in [-0.25, -0.2) is 24.7 Å². The molecule has 5 amide bonds. The Morgan fingerprint density at radius 2 is 0.757 bits per heavy atom. The van der Waals surface area contributed by atoms with Crippen LogP contribution in [-0.4, -0.2) is 205 Å². The fraction of sp³-hybridized carbons (Fsp3) is 0.474. The van der Waals surface area contributed by atoms with Crippen LogP contribution in [0.4, 0.5) is 27.5 Å². The van der Waals surface area contributed by atoms with Crippen molar-refractivity contribution < 1.29 is 66.1 Å². The van der Waals surface area contributed by atoms with Gasteiger partial charge >= 0.3 is 6.09 Å². The molecule has 0 radical (unpaired) electrons. The molecule has 15 rings (SSSR count). The molecule has 4 unspecified atom stereocenters. The Morgan fingerprint density at radius 1 is 0.441 bits per heavy atom. The van der Waals surface area contributed by atoms with Crippen molar-refractivity contribution in [3.63, 3.8) is 0 Å². The molecule has 8 aromatic heterocycles. The lowest BCUT2D eigenvalue weighted by molar-refractivity contribution is 0.0193. The number of carbonyl (C=O) groups excluding carboxylic acids is 5. The maximum absolute atomic E-state index is 13.1. The third-order valence-electron chi connectivity index (χ3n) is 21.8. The fourth-order valence-corrected chi connectivity index (χ4v) is 15.9. The molecule has 39 heteroatoms. The number of rotatable bonds is 26. The van der Waals surface area contributed by atoms with Crippen LogP contribution in [0.5, 0.6) is 23.0 Å². The second-order valence-electron chi connectivity index (χ2n) is 32.3. The zero-order chi connectivity index (χ0) is 92.8. The summed E-state index contributed by atoms with van der Waals surface area (Å²) >= 11 is 3.39. The van der Waals surface area contributed by atoms with E-state index in [0.717, 1.165) is 122 Å². The first-order valence-corrected chi connectivity index (χ1v) is 44.5. The van der Waals surface area contributed by atoms with Crippen molar-refractivity contribution in [3.8, 4) is 23.0 Å². The number of anilines is 4. The van der Waals surface area contributed by atoms with Crippen molar-refractivity contribution in [2.45, 2.75) is 186 Å². The first kappa shape index (κ1) is 113. The number of likely N-dealkylation sites (tertiary alicyclic amines) is 3. The van der Waals surface area contributed by atoms with Crippen molar-refractivity contribution >= 4 is 68.4 Å². The van der Waals surface area contributed by atoms with E-state index in [-0.39, 0.29) is 139 Å². The summed E-state index contributed by atoms with van der Waals surface area (Å²) in [6, 6.07) is 31.2. The summed E-state index contributed by atoms with van der Waals surface area (Å²) < 4.78 is 46.5. The van der Waals surface area contributed by atoms with E-state index < -0.39 is 52.2 Å². The second kappa shape index (κ2) is 55.5. The molecule has 3 aromatic carbocycles. The Morgan fingerprint density at radius 3 is 1.08 bits per heavy atom. The van der Waals surface area contributed by atoms with Crippen LogP contribution < -0.4 is 63.0 Å². The van der Waals surface area contributed by atoms with E-state index in [1.54, 1.807) is 53.9 Å². The molecule has 12 heterocycles. The maximum Gasteiger partial charge on any atom is 0.410 e. The first-order chi connectivity index (χ1) is 62.7. The van der Waals surface area contributed by atoms with Gasteiger partial charge in [0, 0.05) is 103 Å². The largest absolute Gasteiger partial charge is 0.501 e. The fourth-order valence-electron chi connectivity index (χ4n) is 15.4. The van der Waals surface area contributed by atoms with E-state index in [1.165, 1.54) is 84.8 Å². The molecular formula is C97H137BrN20O18. The zero-order valence-corrected chi connectivity index (χ0v) is 76.3. The van der Waals surface area contributed by atoms with Crippen LogP contribution in [0.3, 0.4) is 0 Å². The average molecular weight is 1950 g/mol. The first-order valence-electron chi connectivity index (χ1n) is 43.4. The summed E-state index contributed by atoms with van der Waals surface area (Å²) in [5.41, 5.74) is 2.50. The molecule has 740 valence electrons. The molecule has 4 atom stereocenters. The van der Waals surface area contributed by atoms with E-state index >= 15 is 0 Å². The summed E-state index contributed by atoms with van der Waals surface area (Å²) in [5, 5.41) is 39.2. The van der Waals surface area contributed by atoms with Gasteiger partial charge in [-0.1, -0.05) is 172 Å². The highest BCUT2D eigenvalue weighted by Crippen LogP contribution is 2.33. The Hall–Kier alpha value is -13.3. The smallest absolute Gasteiger partial charge is 0.410 e. The van der Waals surface area contributed by atoms with E-state index in [4.69, 9.17) is 37.0 Å². The number of aromatic hydroxyl groups is 1. The minimum absolute atomic E-state index is 0. The van der Waals surface area contributed by atoms with Crippen LogP contribution in [0.2, 0.25) is 0 Å². The Kier molecular flexibility index (Phi) is 46.2. The highest BCUT2D eigenvalue weighted by molar-refractivity contribution is 9.09. The number of aromatic nitrogens is 12. The lowest BCUT2D eigenvalue weighted by Gasteiger charge is -2.34. The molecule has 6 N–H and O–H groups in total. The van der Waals surface area contributed by atoms with Gasteiger partial charge in [0.25, 0.3) is 45.9 Å². The number of benzene rings is 3. The molecule has 0 aliphatic carbocycles. The second-order valence-corrected chi connectivity index (χ2v) is 33.1. The van der Waals surface area contributed by atoms with Gasteiger partial charge in [-0.05, 0) is 148 Å². The van der Waals surface area contributed by atoms with Gasteiger partial charge in [-0.2, -0.15) is 0 Å². The number of amides is 5. The van der Waals surface area contributed by atoms with Crippen LogP contribution in [0.15, 0.2) is 178 Å². The van der Waals surface area contributed by atoms with Gasteiger partial charge < -0.3 is 83.4 Å². The third-order valence-corrected chi connectivity index (χ3v) is 22.2. The third kappa shape index (κ3) is 31.1. The quantitative estimate of drug-likeness (QED) is 0.0274. The van der Waals surface area contributed by atoms with Crippen molar-refractivity contribution in [1.82, 2.24) is 78.8 Å². The van der Waals surface area contributed by atoms with E-state index in [9.17, 15) is 48.3 Å². The summed E-state index contributed by atoms with van der Waals surface area (Å²) in [7, 11) is 6.51. The standard InChI is InChI=1S/C24H29N5O4.C22H25N5O4.C21H29N5O6.C16H21N5O4.C8H9Br.6CH4/c1-3-32-21-20(23(30)26-19-14-25-33-16-19)27-22(28(2)24(21)31)18-10-7-12-29(15-18)13-11-17-8-5-4-6-9-17;1-26-20(16-8-5-10-27(13-16)11-9-15-6-3-2-4-7-15)25-18(19(28)22(26)30)21(29)24-17-12-23-31-14-17;1-6-30-16-15(18(27)23-14-10-22-31-12-14)24-17(25(5)19(16)28)13-8-7-9-26(11-13)20(29)32-21(2,3)4;1-3-24-13-12(15(22)19-11-8-18-25-9-11)20-14(21(2)16(13)23)10-5-4-6-17-7-10;9-7-6-8-4-2-1-3-5-8;;;;;;/h4-6,8-9,14,16,18H,3,7,10-13,15H2,1-2H3,(H,26,30);2-4,6-7,12,14,16,28H,5,8-11,13H2,1H3,(H,24,29);10,12-13H,6-9,11H2,1-5H3,(H,23,27);8-10,17H,3-7H2,1-2H3,(H,19,22);1-5H,6-7H2;6*1H4. The van der Waals surface area contributed by atoms with E-state index in [1.807, 2.05) is 51.1 Å². The monoisotopic (exact) mass is 1950 g/mol. The summed E-state index contributed by atoms with van der Waals surface area (Å²) in [4.78, 5) is 140. The zero-order valence-electron chi connectivity index (χ0n) is 74.7. The molecule has 4 aliphatic rings. The summed E-state index contributed by atoms with van der Waals surface area (Å²) in [5.74, 6) is -1.31. The lowest BCUT2D eigenvalue weighted by atomic mass is 9.96. The lowest BCUT2D eigenvalue weighted by Crippen LogP contribution is -2.43. The molecule has 0 spiro atoms. The number of carbonyl (C=O) groups is 5. The minimum Gasteiger partial charge on any atom is -0.501 e. The van der Waals surface area contributed by atoms with E-state index in [0.29, 0.717) is 65.6 Å². The van der Waals surface area contributed by atoms with Crippen LogP contribution in [0.1, 0.15) is 243 Å². The topological polar surface area (TPSA) is 456 Å². The van der Waals surface area contributed by atoms with Gasteiger partial charge in [-0.3, -0.25) is 56.6 Å². The predicted octanol–water partition coefficient (Wildman–Crippen LogP) is 14.9. The molecular weight excluding hydrogens is 1810 g/mol. The van der Waals surface area contributed by atoms with Gasteiger partial charge in [0.1, 0.15) is 76.7 Å². The molecule has 136 heavy (non-hydrogen) atoms. The van der Waals surface area contributed by atoms with E-state index in [2.05, 4.69) is 154 Å². The maximum atomic E-state index is 13.1. The highest BCUT2D eigenvalue weighted by atomic mass is 79.9. The Labute approximate surface area is 803 Å². The number of halogens is 1. The number of alkyl halides is 1. The van der Waals surface area contributed by atoms with Crippen molar-refractivity contribution in [3.05, 3.63) is 245 Å². The number of ether oxygens (including phenoxy) is 4. The molecule has 4 fully saturated rings. The summed E-state index contributed by atoms with van der Waals surface area (Å²) in [6.07, 6.45) is 20.2. The van der Waals surface area contributed by atoms with Crippen molar-refractivity contribution in [1.29, 1.82) is 0 Å². The van der Waals surface area contributed by atoms with Gasteiger partial charge in [0.2, 0.25) is 23.0 Å². The van der Waals surface area contributed by atoms with Gasteiger partial charge in [0.05, 0.1) is 44.6 Å². The average Bonchev–Trinajstić information content (AvgIpc) is 0.984. The number of nitrogens with zero attached hydrogens (tertiary/aromatic N) is 15. The van der Waals surface area contributed by atoms with Gasteiger partial charge in [-0.15, -0.1) is 0 Å². The number of hydrogen-bond acceptors (Lipinski definition) is 29. The predicted molar refractivity (Wildman–Crippen MR) is 527 cm³/mol. The Balaban J connectivity index is 0.000000307. The molecule has 11 aromatic rings. The Bertz CT molecular complexity index is 5750. The normalized spacial score (nSPS) is 15.5. The van der Waals surface area contributed by atoms with Crippen LogP contribution in [0, 0.1) is 0 Å². The highest BCUT2D eigenvalue weighted by Gasteiger charge is 2.36. The van der Waals surface area contributed by atoms with Crippen molar-refractivity contribution in [2.75, 3.05) is 112 Å². The number of piperidine rings is 4.